The van der Waals surface area contributed by atoms with Gasteiger partial charge in [0.25, 0.3) is 0 Å². The molecule has 49 heavy (non-hydrogen) atoms. The second-order valence-corrected chi connectivity index (χ2v) is 12.7. The van der Waals surface area contributed by atoms with E-state index in [4.69, 9.17) is 19.9 Å². The Kier molecular flexibility index (Phi) is 7.26. The summed E-state index contributed by atoms with van der Waals surface area (Å²) in [7, 11) is 0. The third-order valence-electron chi connectivity index (χ3n) is 8.62. The van der Waals surface area contributed by atoms with E-state index < -0.39 is 0 Å². The minimum absolute atomic E-state index is 0.674. The quantitative estimate of drug-likeness (QED) is 0.180. The van der Waals surface area contributed by atoms with Crippen molar-refractivity contribution in [3.63, 3.8) is 0 Å². The van der Waals surface area contributed by atoms with E-state index in [2.05, 4.69) is 102 Å². The van der Waals surface area contributed by atoms with Gasteiger partial charge in [0.15, 0.2) is 11.6 Å². The van der Waals surface area contributed by atoms with Crippen molar-refractivity contribution in [2.45, 2.75) is 0 Å². The van der Waals surface area contributed by atoms with Crippen LogP contribution in [0.3, 0.4) is 0 Å². The van der Waals surface area contributed by atoms with Crippen LogP contribution in [0.25, 0.3) is 88.1 Å². The van der Waals surface area contributed by atoms with E-state index in [9.17, 15) is 0 Å². The topological polar surface area (TPSA) is 64.5 Å². The molecule has 0 N–H and O–H groups in total. The third-order valence-corrected chi connectivity index (χ3v) is 9.73. The van der Waals surface area contributed by atoms with Crippen molar-refractivity contribution in [3.05, 3.63) is 164 Å². The molecule has 4 heterocycles. The summed E-state index contributed by atoms with van der Waals surface area (Å²) in [6.45, 7) is 0. The van der Waals surface area contributed by atoms with Crippen molar-refractivity contribution in [2.75, 3.05) is 0 Å². The Bertz CT molecular complexity index is 2570. The molecule has 0 fully saturated rings. The van der Waals surface area contributed by atoms with Gasteiger partial charge in [0.05, 0.1) is 27.3 Å². The Balaban J connectivity index is 1.13. The fraction of sp³-hybridized carbons (Fsp3) is 0. The third kappa shape index (κ3) is 5.54. The Morgan fingerprint density at radius 1 is 0.388 bits per heavy atom. The number of hydrogen-bond donors (Lipinski definition) is 0. The van der Waals surface area contributed by atoms with E-state index in [1.54, 1.807) is 11.3 Å². The first-order chi connectivity index (χ1) is 24.3. The molecular formula is C43H27N5S. The minimum atomic E-state index is 0.674. The van der Waals surface area contributed by atoms with Gasteiger partial charge in [-0.1, -0.05) is 140 Å². The lowest BCUT2D eigenvalue weighted by molar-refractivity contribution is 1.18. The van der Waals surface area contributed by atoms with Crippen LogP contribution < -0.4 is 0 Å². The normalized spacial score (nSPS) is 11.3. The zero-order chi connectivity index (χ0) is 32.6. The van der Waals surface area contributed by atoms with Gasteiger partial charge in [-0.2, -0.15) is 0 Å². The molecule has 230 valence electrons. The minimum Gasteiger partial charge on any atom is -0.245 e. The van der Waals surface area contributed by atoms with Gasteiger partial charge in [0.2, 0.25) is 0 Å². The number of rotatable bonds is 6. The highest BCUT2D eigenvalue weighted by atomic mass is 32.1. The van der Waals surface area contributed by atoms with Crippen LogP contribution in [0.1, 0.15) is 0 Å². The maximum absolute atomic E-state index is 5.12. The molecule has 0 radical (unpaired) electrons. The molecule has 0 spiro atoms. The molecule has 9 rings (SSSR count). The highest BCUT2D eigenvalue weighted by molar-refractivity contribution is 7.25. The van der Waals surface area contributed by atoms with E-state index in [-0.39, 0.29) is 0 Å². The maximum Gasteiger partial charge on any atom is 0.160 e. The van der Waals surface area contributed by atoms with Crippen LogP contribution in [0.4, 0.5) is 0 Å². The van der Waals surface area contributed by atoms with E-state index in [1.165, 1.54) is 11.1 Å². The molecule has 0 bridgehead atoms. The van der Waals surface area contributed by atoms with Crippen molar-refractivity contribution in [3.8, 4) is 67.7 Å². The Hall–Kier alpha value is -6.37. The van der Waals surface area contributed by atoms with Gasteiger partial charge in [-0.25, -0.2) is 24.9 Å². The number of aromatic nitrogens is 5. The summed E-state index contributed by atoms with van der Waals surface area (Å²) < 4.78 is 1.04. The first-order valence-electron chi connectivity index (χ1n) is 16.1. The highest BCUT2D eigenvalue weighted by Gasteiger charge is 2.17. The molecule has 0 aliphatic rings. The molecule has 5 aromatic carbocycles. The lowest BCUT2D eigenvalue weighted by Gasteiger charge is -2.11. The molecule has 9 aromatic rings. The first kappa shape index (κ1) is 28.8. The summed E-state index contributed by atoms with van der Waals surface area (Å²) in [6, 6.07) is 53.9. The molecule has 0 aliphatic carbocycles. The number of fused-ring (bicyclic) bond motifs is 3. The van der Waals surface area contributed by atoms with Crippen LogP contribution in [0.5, 0.6) is 0 Å². The molecule has 0 saturated heterocycles. The van der Waals surface area contributed by atoms with E-state index >= 15 is 0 Å². The molecule has 5 nitrogen and oxygen atoms in total. The number of hydrogen-bond acceptors (Lipinski definition) is 6. The van der Waals surface area contributed by atoms with Gasteiger partial charge in [-0.15, -0.1) is 11.3 Å². The number of benzene rings is 5. The summed E-state index contributed by atoms with van der Waals surface area (Å²) >= 11 is 1.63. The Labute approximate surface area is 287 Å². The van der Waals surface area contributed by atoms with Crippen molar-refractivity contribution >= 4 is 31.8 Å². The van der Waals surface area contributed by atoms with Crippen molar-refractivity contribution < 1.29 is 0 Å². The molecule has 4 aromatic heterocycles. The lowest BCUT2D eigenvalue weighted by atomic mass is 10.0. The molecule has 0 unspecified atom stereocenters. The van der Waals surface area contributed by atoms with Gasteiger partial charge in [-0.3, -0.25) is 0 Å². The largest absolute Gasteiger partial charge is 0.245 e. The Morgan fingerprint density at radius 2 is 0.878 bits per heavy atom. The fourth-order valence-corrected chi connectivity index (χ4v) is 7.21. The summed E-state index contributed by atoms with van der Waals surface area (Å²) in [5.41, 5.74) is 10.9. The van der Waals surface area contributed by atoms with Crippen molar-refractivity contribution in [1.29, 1.82) is 0 Å². The smallest absolute Gasteiger partial charge is 0.160 e. The Morgan fingerprint density at radius 3 is 1.51 bits per heavy atom. The molecule has 6 heteroatoms. The predicted octanol–water partition coefficient (Wildman–Crippen LogP) is 11.0. The average Bonchev–Trinajstić information content (AvgIpc) is 3.57. The maximum atomic E-state index is 5.12. The standard InChI is InChI=1S/C43H27N5S/c1-4-11-28(12-5-1)29-18-20-30(21-19-29)36-27-37(46-41(45-36)33-15-8-3-9-16-33)31-22-24-34(25-23-31)42-47-38(32-13-6-2-7-14-32)40-39(48-42)35-17-10-26-44-43(35)49-40/h1-27H. The highest BCUT2D eigenvalue weighted by Crippen LogP contribution is 2.39. The second kappa shape index (κ2) is 12.3. The van der Waals surface area contributed by atoms with Gasteiger partial charge < -0.3 is 0 Å². The second-order valence-electron chi connectivity index (χ2n) is 11.7. The molecular weight excluding hydrogens is 619 g/mol. The van der Waals surface area contributed by atoms with Crippen molar-refractivity contribution in [1.82, 2.24) is 24.9 Å². The molecule has 0 atom stereocenters. The number of pyridine rings is 1. The molecule has 0 amide bonds. The molecule has 0 saturated carbocycles. The van der Waals surface area contributed by atoms with E-state index in [0.29, 0.717) is 11.6 Å². The van der Waals surface area contributed by atoms with Crippen LogP contribution >= 0.6 is 11.3 Å². The first-order valence-corrected chi connectivity index (χ1v) is 16.9. The average molecular weight is 646 g/mol. The zero-order valence-corrected chi connectivity index (χ0v) is 27.0. The van der Waals surface area contributed by atoms with Gasteiger partial charge in [0.1, 0.15) is 4.83 Å². The predicted molar refractivity (Wildman–Crippen MR) is 201 cm³/mol. The molecule has 0 aliphatic heterocycles. The zero-order valence-electron chi connectivity index (χ0n) is 26.2. The van der Waals surface area contributed by atoms with Crippen molar-refractivity contribution in [2.24, 2.45) is 0 Å². The van der Waals surface area contributed by atoms with Crippen LogP contribution in [0.15, 0.2) is 164 Å². The fourth-order valence-electron chi connectivity index (χ4n) is 6.11. The van der Waals surface area contributed by atoms with Crippen LogP contribution in [-0.2, 0) is 0 Å². The van der Waals surface area contributed by atoms with E-state index in [0.717, 1.165) is 65.3 Å². The lowest BCUT2D eigenvalue weighted by Crippen LogP contribution is -1.96. The van der Waals surface area contributed by atoms with Gasteiger partial charge in [0, 0.05) is 39.4 Å². The van der Waals surface area contributed by atoms with Crippen LogP contribution in [-0.4, -0.2) is 24.9 Å². The number of thiophene rings is 1. The summed E-state index contributed by atoms with van der Waals surface area (Å²) in [5.74, 6) is 1.36. The van der Waals surface area contributed by atoms with Crippen LogP contribution in [0, 0.1) is 0 Å². The summed E-state index contributed by atoms with van der Waals surface area (Å²) in [6.07, 6.45) is 1.83. The number of nitrogens with zero attached hydrogens (tertiary/aromatic N) is 5. The van der Waals surface area contributed by atoms with Gasteiger partial charge >= 0.3 is 0 Å². The monoisotopic (exact) mass is 645 g/mol. The SMILES string of the molecule is c1ccc(-c2ccc(-c3cc(-c4ccc(-c5nc(-c6ccccc6)c6sc7ncccc7c6n5)cc4)nc(-c4ccccc4)n3)cc2)cc1. The van der Waals surface area contributed by atoms with E-state index in [1.807, 2.05) is 66.9 Å². The van der Waals surface area contributed by atoms with Crippen LogP contribution in [0.2, 0.25) is 0 Å². The summed E-state index contributed by atoms with van der Waals surface area (Å²) in [4.78, 5) is 25.8. The van der Waals surface area contributed by atoms with Gasteiger partial charge in [-0.05, 0) is 29.3 Å². The summed E-state index contributed by atoms with van der Waals surface area (Å²) in [5, 5.41) is 1.04.